The Morgan fingerprint density at radius 3 is 2.56 bits per heavy atom. The first-order chi connectivity index (χ1) is 12.1. The van der Waals surface area contributed by atoms with Crippen LogP contribution < -0.4 is 5.32 Å². The highest BCUT2D eigenvalue weighted by Crippen LogP contribution is 2.21. The summed E-state index contributed by atoms with van der Waals surface area (Å²) in [6, 6.07) is 6.35. The summed E-state index contributed by atoms with van der Waals surface area (Å²) in [6.07, 6.45) is 5.34. The van der Waals surface area contributed by atoms with Crippen molar-refractivity contribution in [3.63, 3.8) is 0 Å². The molecular weight excluding hydrogens is 316 g/mol. The fourth-order valence-electron chi connectivity index (χ4n) is 3.81. The van der Waals surface area contributed by atoms with E-state index in [1.54, 1.807) is 0 Å². The van der Waals surface area contributed by atoms with Gasteiger partial charge in [0.2, 0.25) is 0 Å². The molecule has 25 heavy (non-hydrogen) atoms. The second kappa shape index (κ2) is 8.63. The van der Waals surface area contributed by atoms with Crippen LogP contribution in [0, 0.1) is 5.92 Å². The lowest BCUT2D eigenvalue weighted by atomic mass is 9.92. The summed E-state index contributed by atoms with van der Waals surface area (Å²) in [5.74, 6) is 0.332. The number of rotatable bonds is 4. The lowest BCUT2D eigenvalue weighted by molar-refractivity contribution is 0.0784. The molecule has 138 valence electrons. The highest BCUT2D eigenvalue weighted by molar-refractivity contribution is 5.74. The average Bonchev–Trinajstić information content (AvgIpc) is 2.64. The number of aliphatic hydroxyl groups is 1. The van der Waals surface area contributed by atoms with Gasteiger partial charge in [0.05, 0.1) is 11.8 Å². The van der Waals surface area contributed by atoms with Crippen molar-refractivity contribution in [1.29, 1.82) is 0 Å². The number of aliphatic hydroxyl groups excluding tert-OH is 1. The van der Waals surface area contributed by atoms with Crippen LogP contribution in [0.4, 0.5) is 4.79 Å². The average molecular weight is 346 g/mol. The maximum atomic E-state index is 12.4. The molecule has 0 aromatic carbocycles. The van der Waals surface area contributed by atoms with Crippen LogP contribution in [-0.4, -0.2) is 64.2 Å². The first-order valence-corrected chi connectivity index (χ1v) is 9.47. The highest BCUT2D eigenvalue weighted by Gasteiger charge is 2.27. The molecule has 2 N–H and O–H groups in total. The smallest absolute Gasteiger partial charge is 0.317 e. The van der Waals surface area contributed by atoms with Crippen LogP contribution in [0.1, 0.15) is 38.3 Å². The van der Waals surface area contributed by atoms with Gasteiger partial charge in [-0.15, -0.1) is 0 Å². The highest BCUT2D eigenvalue weighted by atomic mass is 16.3. The van der Waals surface area contributed by atoms with E-state index in [9.17, 15) is 9.90 Å². The largest absolute Gasteiger partial charge is 0.393 e. The van der Waals surface area contributed by atoms with Crippen molar-refractivity contribution >= 4 is 6.03 Å². The van der Waals surface area contributed by atoms with Crippen LogP contribution in [0.25, 0.3) is 0 Å². The number of nitrogens with zero attached hydrogens (tertiary/aromatic N) is 3. The van der Waals surface area contributed by atoms with Crippen LogP contribution in [0.15, 0.2) is 24.4 Å². The second-order valence-electron chi connectivity index (χ2n) is 7.39. The number of likely N-dealkylation sites (tertiary alicyclic amines) is 2. The van der Waals surface area contributed by atoms with E-state index in [4.69, 9.17) is 0 Å². The Morgan fingerprint density at radius 1 is 1.24 bits per heavy atom. The Morgan fingerprint density at radius 2 is 1.96 bits per heavy atom. The van der Waals surface area contributed by atoms with E-state index in [-0.39, 0.29) is 18.2 Å². The van der Waals surface area contributed by atoms with Crippen molar-refractivity contribution in [2.45, 2.75) is 51.3 Å². The third kappa shape index (κ3) is 5.16. The Balaban J connectivity index is 1.38. The van der Waals surface area contributed by atoms with Crippen molar-refractivity contribution in [3.8, 4) is 0 Å². The third-order valence-corrected chi connectivity index (χ3v) is 5.54. The van der Waals surface area contributed by atoms with Crippen LogP contribution in [-0.2, 0) is 6.54 Å². The number of hydrogen-bond acceptors (Lipinski definition) is 4. The Bertz CT molecular complexity index is 536. The van der Waals surface area contributed by atoms with Gasteiger partial charge in [0.1, 0.15) is 0 Å². The molecule has 1 aromatic rings. The molecule has 2 amide bonds. The van der Waals surface area contributed by atoms with Gasteiger partial charge in [-0.1, -0.05) is 6.07 Å². The van der Waals surface area contributed by atoms with Gasteiger partial charge >= 0.3 is 6.03 Å². The first-order valence-electron chi connectivity index (χ1n) is 9.47. The molecule has 0 saturated carbocycles. The van der Waals surface area contributed by atoms with Crippen LogP contribution in [0.2, 0.25) is 0 Å². The number of urea groups is 1. The fraction of sp³-hybridized carbons (Fsp3) is 0.684. The van der Waals surface area contributed by atoms with E-state index in [0.29, 0.717) is 5.92 Å². The van der Waals surface area contributed by atoms with Gasteiger partial charge in [-0.3, -0.25) is 9.88 Å². The molecule has 2 aliphatic rings. The zero-order chi connectivity index (χ0) is 17.6. The van der Waals surface area contributed by atoms with Crippen molar-refractivity contribution in [1.82, 2.24) is 20.1 Å². The zero-order valence-corrected chi connectivity index (χ0v) is 15.1. The molecule has 0 radical (unpaired) electrons. The van der Waals surface area contributed by atoms with Gasteiger partial charge in [0, 0.05) is 45.0 Å². The minimum Gasteiger partial charge on any atom is -0.393 e. The maximum Gasteiger partial charge on any atom is 0.317 e. The molecule has 0 spiro atoms. The number of carbonyl (C=O) groups is 1. The molecule has 0 aliphatic carbocycles. The minimum absolute atomic E-state index is 0.0622. The predicted octanol–water partition coefficient (Wildman–Crippen LogP) is 1.85. The lowest BCUT2D eigenvalue weighted by Crippen LogP contribution is -2.51. The molecule has 1 atom stereocenters. The van der Waals surface area contributed by atoms with E-state index in [1.807, 2.05) is 30.2 Å². The molecule has 3 heterocycles. The molecule has 2 aliphatic heterocycles. The van der Waals surface area contributed by atoms with Gasteiger partial charge in [-0.05, 0) is 50.7 Å². The van der Waals surface area contributed by atoms with E-state index in [0.717, 1.165) is 64.1 Å². The van der Waals surface area contributed by atoms with Crippen LogP contribution in [0.5, 0.6) is 0 Å². The van der Waals surface area contributed by atoms with Crippen LogP contribution in [0.3, 0.4) is 0 Å². The van der Waals surface area contributed by atoms with E-state index in [2.05, 4.69) is 21.3 Å². The molecule has 0 bridgehead atoms. The molecule has 6 heteroatoms. The van der Waals surface area contributed by atoms with E-state index >= 15 is 0 Å². The Hall–Kier alpha value is -1.66. The minimum atomic E-state index is -0.270. The van der Waals surface area contributed by atoms with Gasteiger partial charge in [0.25, 0.3) is 0 Å². The van der Waals surface area contributed by atoms with Crippen molar-refractivity contribution in [2.24, 2.45) is 5.92 Å². The summed E-state index contributed by atoms with van der Waals surface area (Å²) in [6.45, 7) is 6.21. The zero-order valence-electron chi connectivity index (χ0n) is 15.1. The molecule has 1 aromatic heterocycles. The summed E-state index contributed by atoms with van der Waals surface area (Å²) in [5, 5.41) is 12.9. The molecular formula is C19H30N4O2. The van der Waals surface area contributed by atoms with Gasteiger partial charge in [-0.2, -0.15) is 0 Å². The molecule has 2 saturated heterocycles. The topological polar surface area (TPSA) is 68.7 Å². The molecule has 1 unspecified atom stereocenters. The molecule has 3 rings (SSSR count). The summed E-state index contributed by atoms with van der Waals surface area (Å²) < 4.78 is 0. The number of aromatic nitrogens is 1. The predicted molar refractivity (Wildman–Crippen MR) is 97.0 cm³/mol. The van der Waals surface area contributed by atoms with Crippen molar-refractivity contribution < 1.29 is 9.90 Å². The Kier molecular flexibility index (Phi) is 6.26. The maximum absolute atomic E-state index is 12.4. The number of pyridine rings is 1. The number of nitrogens with one attached hydrogen (secondary N) is 1. The normalized spacial score (nSPS) is 21.9. The summed E-state index contributed by atoms with van der Waals surface area (Å²) >= 11 is 0. The molecule has 2 fully saturated rings. The van der Waals surface area contributed by atoms with Gasteiger partial charge in [-0.25, -0.2) is 4.79 Å². The number of hydrogen-bond donors (Lipinski definition) is 2. The summed E-state index contributed by atoms with van der Waals surface area (Å²) in [5.41, 5.74) is 1.10. The van der Waals surface area contributed by atoms with Crippen molar-refractivity contribution in [2.75, 3.05) is 26.2 Å². The van der Waals surface area contributed by atoms with Gasteiger partial charge in [0.15, 0.2) is 0 Å². The summed E-state index contributed by atoms with van der Waals surface area (Å²) in [7, 11) is 0. The number of carbonyl (C=O) groups excluding carboxylic acids is 1. The van der Waals surface area contributed by atoms with Crippen molar-refractivity contribution in [3.05, 3.63) is 30.1 Å². The number of piperidine rings is 2. The quantitative estimate of drug-likeness (QED) is 0.873. The van der Waals surface area contributed by atoms with E-state index in [1.165, 1.54) is 0 Å². The number of amides is 2. The Labute approximate surface area is 150 Å². The fourth-order valence-corrected chi connectivity index (χ4v) is 3.81. The third-order valence-electron chi connectivity index (χ3n) is 5.54. The SMILES string of the molecule is CC(O)C1CCN(C(=O)NC2CCN(Cc3ccccn3)CC2)CC1. The van der Waals surface area contributed by atoms with Gasteiger partial charge < -0.3 is 15.3 Å². The lowest BCUT2D eigenvalue weighted by Gasteiger charge is -2.36. The van der Waals surface area contributed by atoms with E-state index < -0.39 is 0 Å². The second-order valence-corrected chi connectivity index (χ2v) is 7.39. The molecule has 6 nitrogen and oxygen atoms in total. The standard InChI is InChI=1S/C19H30N4O2/c1-15(24)16-5-12-23(13-6-16)19(25)21-17-7-10-22(11-8-17)14-18-4-2-3-9-20-18/h2-4,9,15-17,24H,5-8,10-14H2,1H3,(H,21,25). The van der Waals surface area contributed by atoms with Crippen LogP contribution >= 0.6 is 0 Å². The first kappa shape index (κ1) is 18.1. The monoisotopic (exact) mass is 346 g/mol. The summed E-state index contributed by atoms with van der Waals surface area (Å²) in [4.78, 5) is 21.1.